The molecule has 4 aromatic rings. The normalized spacial score (nSPS) is 14.0. The van der Waals surface area contributed by atoms with Gasteiger partial charge in [-0.2, -0.15) is 23.4 Å². The predicted octanol–water partition coefficient (Wildman–Crippen LogP) is 5.42. The standard InChI is InChI=1S/C23H19BrF4N6O/c1-12-20-15(23(26,27)28)8-18(13-6-7-13)29-22(20)34(31-12)11-19(35)30-21-16(24)10-33(32-21)9-14-4-2-3-5-17(14)25/h2-5,8,10,13H,6-7,9,11H2,1H3,(H,30,32,35). The molecule has 35 heavy (non-hydrogen) atoms. The van der Waals surface area contributed by atoms with Crippen molar-refractivity contribution in [1.82, 2.24) is 24.5 Å². The first-order valence-corrected chi connectivity index (χ1v) is 11.6. The largest absolute Gasteiger partial charge is 0.417 e. The summed E-state index contributed by atoms with van der Waals surface area (Å²) < 4.78 is 58.4. The maximum atomic E-state index is 13.9. The number of halogens is 5. The monoisotopic (exact) mass is 550 g/mol. The van der Waals surface area contributed by atoms with E-state index in [-0.39, 0.29) is 47.4 Å². The number of hydrogen-bond donors (Lipinski definition) is 1. The number of pyridine rings is 1. The Morgan fingerprint density at radius 1 is 1.23 bits per heavy atom. The molecule has 1 fully saturated rings. The second kappa shape index (κ2) is 8.74. The first-order chi connectivity index (χ1) is 16.6. The zero-order valence-electron chi connectivity index (χ0n) is 18.4. The molecule has 5 rings (SSSR count). The highest BCUT2D eigenvalue weighted by Gasteiger charge is 2.37. The van der Waals surface area contributed by atoms with Crippen LogP contribution in [0.15, 0.2) is 41.0 Å². The van der Waals surface area contributed by atoms with Gasteiger partial charge in [-0.05, 0) is 47.8 Å². The van der Waals surface area contributed by atoms with Crippen LogP contribution in [-0.4, -0.2) is 30.5 Å². The highest BCUT2D eigenvalue weighted by atomic mass is 79.9. The van der Waals surface area contributed by atoms with Gasteiger partial charge >= 0.3 is 6.18 Å². The third-order valence-corrected chi connectivity index (χ3v) is 6.34. The van der Waals surface area contributed by atoms with Crippen molar-refractivity contribution in [2.75, 3.05) is 5.32 Å². The predicted molar refractivity (Wildman–Crippen MR) is 123 cm³/mol. The van der Waals surface area contributed by atoms with Crippen molar-refractivity contribution in [1.29, 1.82) is 0 Å². The lowest BCUT2D eigenvalue weighted by Gasteiger charge is -2.11. The third-order valence-electron chi connectivity index (χ3n) is 5.76. The lowest BCUT2D eigenvalue weighted by atomic mass is 10.1. The van der Waals surface area contributed by atoms with E-state index in [4.69, 9.17) is 0 Å². The molecule has 0 spiro atoms. The van der Waals surface area contributed by atoms with Crippen molar-refractivity contribution >= 4 is 38.7 Å². The Labute approximate surface area is 205 Å². The zero-order valence-corrected chi connectivity index (χ0v) is 20.0. The molecule has 1 aromatic carbocycles. The van der Waals surface area contributed by atoms with Crippen molar-refractivity contribution in [3.63, 3.8) is 0 Å². The molecule has 0 radical (unpaired) electrons. The van der Waals surface area contributed by atoms with Crippen LogP contribution in [-0.2, 0) is 24.1 Å². The smallest absolute Gasteiger partial charge is 0.307 e. The molecule has 3 heterocycles. The molecule has 182 valence electrons. The fourth-order valence-corrected chi connectivity index (χ4v) is 4.38. The third kappa shape index (κ3) is 4.79. The van der Waals surface area contributed by atoms with Crippen LogP contribution in [0.5, 0.6) is 0 Å². The number of hydrogen-bond acceptors (Lipinski definition) is 4. The first-order valence-electron chi connectivity index (χ1n) is 10.8. The van der Waals surface area contributed by atoms with Crippen LogP contribution in [0.25, 0.3) is 11.0 Å². The average molecular weight is 551 g/mol. The van der Waals surface area contributed by atoms with Gasteiger partial charge in [0.25, 0.3) is 0 Å². The number of anilines is 1. The molecule has 1 amide bonds. The van der Waals surface area contributed by atoms with E-state index in [2.05, 4.69) is 36.4 Å². The molecular weight excluding hydrogens is 532 g/mol. The number of nitrogens with zero attached hydrogens (tertiary/aromatic N) is 5. The average Bonchev–Trinajstić information content (AvgIpc) is 3.52. The van der Waals surface area contributed by atoms with Gasteiger partial charge in [-0.1, -0.05) is 18.2 Å². The van der Waals surface area contributed by atoms with Crippen molar-refractivity contribution < 1.29 is 22.4 Å². The molecule has 1 N–H and O–H groups in total. The summed E-state index contributed by atoms with van der Waals surface area (Å²) in [5.41, 5.74) is 0.171. The fourth-order valence-electron chi connectivity index (χ4n) is 3.97. The van der Waals surface area contributed by atoms with E-state index < -0.39 is 17.6 Å². The first kappa shape index (κ1) is 23.5. The van der Waals surface area contributed by atoms with Gasteiger partial charge in [0.15, 0.2) is 11.5 Å². The summed E-state index contributed by atoms with van der Waals surface area (Å²) in [4.78, 5) is 17.2. The minimum absolute atomic E-state index is 0.00708. The van der Waals surface area contributed by atoms with Crippen LogP contribution in [0.4, 0.5) is 23.4 Å². The summed E-state index contributed by atoms with van der Waals surface area (Å²) in [6.07, 6.45) is -1.41. The summed E-state index contributed by atoms with van der Waals surface area (Å²) in [6.45, 7) is 1.26. The maximum Gasteiger partial charge on any atom is 0.417 e. The maximum absolute atomic E-state index is 13.9. The molecule has 0 saturated heterocycles. The number of aryl methyl sites for hydroxylation is 1. The molecule has 0 aliphatic heterocycles. The van der Waals surface area contributed by atoms with Crippen LogP contribution in [0, 0.1) is 12.7 Å². The molecule has 7 nitrogen and oxygen atoms in total. The summed E-state index contributed by atoms with van der Waals surface area (Å²) in [5, 5.41) is 11.0. The number of nitrogens with one attached hydrogen (secondary N) is 1. The van der Waals surface area contributed by atoms with Gasteiger partial charge in [-0.25, -0.2) is 14.1 Å². The number of alkyl halides is 3. The number of rotatable bonds is 6. The summed E-state index contributed by atoms with van der Waals surface area (Å²) in [7, 11) is 0. The highest BCUT2D eigenvalue weighted by Crippen LogP contribution is 2.43. The molecule has 12 heteroatoms. The molecule has 3 aromatic heterocycles. The minimum Gasteiger partial charge on any atom is -0.307 e. The number of carbonyl (C=O) groups excluding carboxylic acids is 1. The quantitative estimate of drug-likeness (QED) is 0.325. The molecule has 1 saturated carbocycles. The highest BCUT2D eigenvalue weighted by molar-refractivity contribution is 9.10. The summed E-state index contributed by atoms with van der Waals surface area (Å²) >= 11 is 3.32. The van der Waals surface area contributed by atoms with Crippen molar-refractivity contribution in [3.05, 3.63) is 69.3 Å². The fraction of sp³-hybridized carbons (Fsp3) is 0.304. The van der Waals surface area contributed by atoms with E-state index in [1.54, 1.807) is 24.4 Å². The van der Waals surface area contributed by atoms with E-state index in [0.717, 1.165) is 18.9 Å². The van der Waals surface area contributed by atoms with Crippen LogP contribution >= 0.6 is 15.9 Å². The molecule has 0 bridgehead atoms. The lowest BCUT2D eigenvalue weighted by Crippen LogP contribution is -2.20. The minimum atomic E-state index is -4.57. The number of amides is 1. The van der Waals surface area contributed by atoms with Gasteiger partial charge in [0.1, 0.15) is 12.4 Å². The Balaban J connectivity index is 1.39. The SMILES string of the molecule is Cc1nn(CC(=O)Nc2nn(Cc3ccccc3F)cc2Br)c2nc(C3CC3)cc(C(F)(F)F)c12. The van der Waals surface area contributed by atoms with Crippen molar-refractivity contribution in [3.8, 4) is 0 Å². The van der Waals surface area contributed by atoms with Gasteiger partial charge in [-0.15, -0.1) is 0 Å². The van der Waals surface area contributed by atoms with E-state index >= 15 is 0 Å². The number of carbonyl (C=O) groups is 1. The Kier molecular flexibility index (Phi) is 5.86. The number of aromatic nitrogens is 5. The van der Waals surface area contributed by atoms with E-state index in [1.807, 2.05) is 0 Å². The van der Waals surface area contributed by atoms with Crippen LogP contribution in [0.3, 0.4) is 0 Å². The zero-order chi connectivity index (χ0) is 24.9. The van der Waals surface area contributed by atoms with Gasteiger partial charge < -0.3 is 5.32 Å². The second-order valence-corrected chi connectivity index (χ2v) is 9.33. The number of benzene rings is 1. The van der Waals surface area contributed by atoms with Gasteiger partial charge in [0.2, 0.25) is 5.91 Å². The molecular formula is C23H19BrF4N6O. The molecule has 0 atom stereocenters. The van der Waals surface area contributed by atoms with E-state index in [1.165, 1.54) is 22.4 Å². The number of fused-ring (bicyclic) bond motifs is 1. The van der Waals surface area contributed by atoms with Crippen LogP contribution < -0.4 is 5.32 Å². The van der Waals surface area contributed by atoms with Gasteiger partial charge in [0, 0.05) is 23.4 Å². The Hall–Kier alpha value is -3.28. The van der Waals surface area contributed by atoms with Gasteiger partial charge in [0.05, 0.1) is 27.7 Å². The topological polar surface area (TPSA) is 77.6 Å². The van der Waals surface area contributed by atoms with Gasteiger partial charge in [-0.3, -0.25) is 9.48 Å². The van der Waals surface area contributed by atoms with E-state index in [0.29, 0.717) is 15.7 Å². The molecule has 1 aliphatic carbocycles. The Morgan fingerprint density at radius 3 is 2.66 bits per heavy atom. The molecule has 0 unspecified atom stereocenters. The van der Waals surface area contributed by atoms with Crippen LogP contribution in [0.2, 0.25) is 0 Å². The lowest BCUT2D eigenvalue weighted by molar-refractivity contribution is -0.136. The van der Waals surface area contributed by atoms with Crippen molar-refractivity contribution in [2.24, 2.45) is 0 Å². The van der Waals surface area contributed by atoms with E-state index in [9.17, 15) is 22.4 Å². The second-order valence-electron chi connectivity index (χ2n) is 8.47. The molecule has 1 aliphatic rings. The summed E-state index contributed by atoms with van der Waals surface area (Å²) in [5.74, 6) is -0.727. The summed E-state index contributed by atoms with van der Waals surface area (Å²) in [6, 6.07) is 7.37. The van der Waals surface area contributed by atoms with Crippen LogP contribution in [0.1, 0.15) is 41.3 Å². The van der Waals surface area contributed by atoms with Crippen molar-refractivity contribution in [2.45, 2.75) is 44.9 Å². The Morgan fingerprint density at radius 2 is 1.97 bits per heavy atom. The Bertz CT molecular complexity index is 1440.